The molecular formula is C20H25N5O2. The molecule has 0 saturated carbocycles. The number of para-hydroxylation sites is 1. The van der Waals surface area contributed by atoms with Crippen LogP contribution in [0, 0.1) is 5.41 Å². The maximum absolute atomic E-state index is 13.1. The van der Waals surface area contributed by atoms with Gasteiger partial charge in [0.2, 0.25) is 5.95 Å². The minimum atomic E-state index is -0.368. The monoisotopic (exact) mass is 367 g/mol. The summed E-state index contributed by atoms with van der Waals surface area (Å²) in [5, 5.41) is 15.4. The number of nitrogens with one attached hydrogen (secondary N) is 1. The number of nitrogens with zero attached hydrogens (tertiary/aromatic N) is 4. The topological polar surface area (TPSA) is 81.9 Å². The Kier molecular flexibility index (Phi) is 4.45. The zero-order valence-electron chi connectivity index (χ0n) is 16.0. The minimum Gasteiger partial charge on any atom is -0.493 e. The lowest BCUT2D eigenvalue weighted by Gasteiger charge is -2.38. The molecule has 2 heterocycles. The first-order valence-corrected chi connectivity index (χ1v) is 9.53. The second-order valence-corrected chi connectivity index (χ2v) is 8.05. The van der Waals surface area contributed by atoms with Crippen LogP contribution in [0.2, 0.25) is 0 Å². The van der Waals surface area contributed by atoms with Gasteiger partial charge in [-0.25, -0.2) is 0 Å². The summed E-state index contributed by atoms with van der Waals surface area (Å²) in [5.74, 6) is 1.49. The molecule has 2 aliphatic rings. The third-order valence-corrected chi connectivity index (χ3v) is 5.16. The molecule has 0 fully saturated rings. The molecule has 1 aliphatic carbocycles. The molecular weight excluding hydrogens is 342 g/mol. The van der Waals surface area contributed by atoms with Crippen LogP contribution < -0.4 is 10.1 Å². The molecule has 4 rings (SSSR count). The predicted octanol–water partition coefficient (Wildman–Crippen LogP) is 3.51. The Labute approximate surface area is 158 Å². The molecule has 0 spiro atoms. The zero-order valence-corrected chi connectivity index (χ0v) is 16.0. The van der Waals surface area contributed by atoms with Crippen molar-refractivity contribution in [2.24, 2.45) is 5.41 Å². The number of Topliss-reactive ketones (excluding diaryl/α,β-unsaturated/α-hetero) is 1. The first kappa shape index (κ1) is 17.7. The quantitative estimate of drug-likeness (QED) is 0.815. The van der Waals surface area contributed by atoms with Gasteiger partial charge in [0.05, 0.1) is 6.61 Å². The molecule has 1 aromatic heterocycles. The molecule has 1 unspecified atom stereocenters. The van der Waals surface area contributed by atoms with Gasteiger partial charge in [0.15, 0.2) is 5.78 Å². The highest BCUT2D eigenvalue weighted by atomic mass is 16.5. The lowest BCUT2D eigenvalue weighted by Crippen LogP contribution is -2.36. The second kappa shape index (κ2) is 6.79. The van der Waals surface area contributed by atoms with Gasteiger partial charge in [-0.1, -0.05) is 50.5 Å². The molecule has 2 aromatic rings. The van der Waals surface area contributed by atoms with Crippen LogP contribution in [0.1, 0.15) is 58.1 Å². The van der Waals surface area contributed by atoms with Crippen LogP contribution >= 0.6 is 0 Å². The molecule has 1 aliphatic heterocycles. The van der Waals surface area contributed by atoms with E-state index in [0.29, 0.717) is 19.0 Å². The smallest absolute Gasteiger partial charge is 0.248 e. The first-order chi connectivity index (χ1) is 13.0. The lowest BCUT2D eigenvalue weighted by molar-refractivity contribution is -0.118. The van der Waals surface area contributed by atoms with E-state index in [2.05, 4.69) is 41.6 Å². The van der Waals surface area contributed by atoms with E-state index >= 15 is 0 Å². The summed E-state index contributed by atoms with van der Waals surface area (Å²) in [6, 6.07) is 7.50. The number of carbonyl (C=O) groups excluding carboxylic acids is 1. The number of ether oxygens (including phenoxy) is 1. The lowest BCUT2D eigenvalue weighted by atomic mass is 9.73. The predicted molar refractivity (Wildman–Crippen MR) is 101 cm³/mol. The van der Waals surface area contributed by atoms with Gasteiger partial charge in [-0.3, -0.25) is 4.79 Å². The molecule has 1 aromatic carbocycles. The maximum Gasteiger partial charge on any atom is 0.248 e. The van der Waals surface area contributed by atoms with Crippen LogP contribution in [0.15, 0.2) is 35.5 Å². The van der Waals surface area contributed by atoms with Crippen LogP contribution in [0.5, 0.6) is 5.75 Å². The van der Waals surface area contributed by atoms with Crippen molar-refractivity contribution in [3.05, 3.63) is 41.1 Å². The van der Waals surface area contributed by atoms with Crippen molar-refractivity contribution >= 4 is 11.7 Å². The number of aromatic nitrogens is 4. The highest BCUT2D eigenvalue weighted by molar-refractivity contribution is 6.00. The van der Waals surface area contributed by atoms with E-state index in [-0.39, 0.29) is 17.2 Å². The first-order valence-electron chi connectivity index (χ1n) is 9.53. The van der Waals surface area contributed by atoms with E-state index < -0.39 is 0 Å². The SMILES string of the molecule is CCCCOc1ccccc1C1C2=C(CC(C)(C)CC2=O)Nc2nnnn21. The number of ketones is 1. The summed E-state index contributed by atoms with van der Waals surface area (Å²) < 4.78 is 7.73. The summed E-state index contributed by atoms with van der Waals surface area (Å²) in [6.45, 7) is 7.01. The van der Waals surface area contributed by atoms with Crippen LogP contribution in [0.4, 0.5) is 5.95 Å². The summed E-state index contributed by atoms with van der Waals surface area (Å²) >= 11 is 0. The molecule has 142 valence electrons. The molecule has 1 atom stereocenters. The largest absolute Gasteiger partial charge is 0.493 e. The van der Waals surface area contributed by atoms with Crippen LogP contribution in [-0.2, 0) is 4.79 Å². The fourth-order valence-corrected chi connectivity index (χ4v) is 3.92. The highest BCUT2D eigenvalue weighted by Crippen LogP contribution is 2.46. The molecule has 7 nitrogen and oxygen atoms in total. The van der Waals surface area contributed by atoms with Crippen LogP contribution in [0.25, 0.3) is 0 Å². The Balaban J connectivity index is 1.82. The van der Waals surface area contributed by atoms with E-state index in [9.17, 15) is 4.79 Å². The number of rotatable bonds is 5. The third kappa shape index (κ3) is 3.22. The van der Waals surface area contributed by atoms with Gasteiger partial charge in [0, 0.05) is 23.3 Å². The van der Waals surface area contributed by atoms with Gasteiger partial charge in [-0.2, -0.15) is 4.68 Å². The number of unbranched alkanes of at least 4 members (excludes halogenated alkanes) is 1. The molecule has 0 radical (unpaired) electrons. The number of fused-ring (bicyclic) bond motifs is 1. The van der Waals surface area contributed by atoms with Crippen molar-refractivity contribution in [2.75, 3.05) is 11.9 Å². The number of hydrogen-bond donors (Lipinski definition) is 1. The number of benzene rings is 1. The molecule has 0 amide bonds. The van der Waals surface area contributed by atoms with Crippen LogP contribution in [0.3, 0.4) is 0 Å². The maximum atomic E-state index is 13.1. The number of allylic oxidation sites excluding steroid dienone is 2. The van der Waals surface area contributed by atoms with E-state index in [0.717, 1.165) is 41.8 Å². The second-order valence-electron chi connectivity index (χ2n) is 8.05. The fraction of sp³-hybridized carbons (Fsp3) is 0.500. The average molecular weight is 367 g/mol. The van der Waals surface area contributed by atoms with Gasteiger partial charge in [-0.15, -0.1) is 0 Å². The number of hydrogen-bond acceptors (Lipinski definition) is 6. The van der Waals surface area contributed by atoms with E-state index in [1.54, 1.807) is 4.68 Å². The summed E-state index contributed by atoms with van der Waals surface area (Å²) in [6.07, 6.45) is 3.35. The Morgan fingerprint density at radius 2 is 2.11 bits per heavy atom. The van der Waals surface area contributed by atoms with Crippen molar-refractivity contribution in [1.29, 1.82) is 0 Å². The van der Waals surface area contributed by atoms with Crippen molar-refractivity contribution in [1.82, 2.24) is 20.2 Å². The highest BCUT2D eigenvalue weighted by Gasteiger charge is 2.42. The van der Waals surface area contributed by atoms with Crippen LogP contribution in [-0.4, -0.2) is 32.6 Å². The molecule has 0 bridgehead atoms. The molecule has 1 N–H and O–H groups in total. The van der Waals surface area contributed by atoms with Gasteiger partial charge in [0.25, 0.3) is 0 Å². The van der Waals surface area contributed by atoms with E-state index in [1.165, 1.54) is 0 Å². The number of carbonyl (C=O) groups is 1. The minimum absolute atomic E-state index is 0.0831. The van der Waals surface area contributed by atoms with Crippen molar-refractivity contribution in [2.45, 2.75) is 52.5 Å². The Bertz CT molecular complexity index is 899. The molecule has 0 saturated heterocycles. The molecule has 7 heteroatoms. The van der Waals surface area contributed by atoms with Crippen molar-refractivity contribution in [3.8, 4) is 5.75 Å². The summed E-state index contributed by atoms with van der Waals surface area (Å²) in [7, 11) is 0. The standard InChI is InChI=1S/C20H25N5O2/c1-4-5-10-27-16-9-7-6-8-13(16)18-17-14(11-20(2,3)12-15(17)26)21-19-22-23-24-25(18)19/h6-9,18H,4-5,10-12H2,1-3H3,(H,21,22,24). The number of tetrazole rings is 1. The Hall–Kier alpha value is -2.70. The number of anilines is 1. The third-order valence-electron chi connectivity index (χ3n) is 5.16. The summed E-state index contributed by atoms with van der Waals surface area (Å²) in [4.78, 5) is 13.1. The van der Waals surface area contributed by atoms with Gasteiger partial charge in [-0.05, 0) is 34.7 Å². The molecule has 27 heavy (non-hydrogen) atoms. The average Bonchev–Trinajstić information content (AvgIpc) is 3.08. The van der Waals surface area contributed by atoms with E-state index in [4.69, 9.17) is 4.74 Å². The van der Waals surface area contributed by atoms with Crippen molar-refractivity contribution in [3.63, 3.8) is 0 Å². The Morgan fingerprint density at radius 3 is 2.93 bits per heavy atom. The van der Waals surface area contributed by atoms with Gasteiger partial charge < -0.3 is 10.1 Å². The van der Waals surface area contributed by atoms with E-state index in [1.807, 2.05) is 24.3 Å². The summed E-state index contributed by atoms with van der Waals surface area (Å²) in [5.41, 5.74) is 2.51. The van der Waals surface area contributed by atoms with Crippen molar-refractivity contribution < 1.29 is 9.53 Å². The fourth-order valence-electron chi connectivity index (χ4n) is 3.92. The normalized spacial score (nSPS) is 20.7. The van der Waals surface area contributed by atoms with Gasteiger partial charge in [0.1, 0.15) is 11.8 Å². The van der Waals surface area contributed by atoms with Gasteiger partial charge >= 0.3 is 0 Å². The zero-order chi connectivity index (χ0) is 19.0. The Morgan fingerprint density at radius 1 is 1.30 bits per heavy atom.